The zero-order valence-corrected chi connectivity index (χ0v) is 15.6. The molecular formula is C21H23N5O. The van der Waals surface area contributed by atoms with Crippen molar-refractivity contribution in [1.29, 1.82) is 0 Å². The first-order valence-corrected chi connectivity index (χ1v) is 9.16. The van der Waals surface area contributed by atoms with Crippen LogP contribution in [-0.4, -0.2) is 54.0 Å². The molecule has 0 atom stereocenters. The molecule has 1 aromatic carbocycles. The van der Waals surface area contributed by atoms with Crippen LogP contribution in [0.15, 0.2) is 48.8 Å². The third-order valence-electron chi connectivity index (χ3n) is 5.03. The van der Waals surface area contributed by atoms with Crippen molar-refractivity contribution >= 4 is 28.3 Å². The highest BCUT2D eigenvalue weighted by atomic mass is 16.1. The van der Waals surface area contributed by atoms with Crippen LogP contribution in [0.2, 0.25) is 0 Å². The van der Waals surface area contributed by atoms with Crippen LogP contribution in [0.5, 0.6) is 0 Å². The van der Waals surface area contributed by atoms with Crippen molar-refractivity contribution in [2.24, 2.45) is 0 Å². The fourth-order valence-electron chi connectivity index (χ4n) is 3.36. The van der Waals surface area contributed by atoms with Gasteiger partial charge in [0, 0.05) is 55.2 Å². The summed E-state index contributed by atoms with van der Waals surface area (Å²) in [5, 5.41) is 4.01. The number of likely N-dealkylation sites (N-methyl/N-ethyl adjacent to an activating group) is 1. The van der Waals surface area contributed by atoms with E-state index < -0.39 is 0 Å². The molecule has 1 aliphatic heterocycles. The van der Waals surface area contributed by atoms with Gasteiger partial charge in [-0.3, -0.25) is 9.78 Å². The van der Waals surface area contributed by atoms with Crippen molar-refractivity contribution in [3.8, 4) is 0 Å². The summed E-state index contributed by atoms with van der Waals surface area (Å²) in [6.07, 6.45) is 3.23. The molecule has 0 spiro atoms. The highest BCUT2D eigenvalue weighted by molar-refractivity contribution is 6.05. The Morgan fingerprint density at radius 3 is 2.52 bits per heavy atom. The standard InChI is InChI=1S/C21H23N5O/c1-15-13-20(26-11-9-25(2)10-12-26)24-19-4-3-17(14-18(15)19)23-21(27)16-5-7-22-8-6-16/h3-8,13-14H,9-12H2,1-2H3,(H,23,27). The van der Waals surface area contributed by atoms with E-state index in [1.807, 2.05) is 18.2 Å². The smallest absolute Gasteiger partial charge is 0.255 e. The summed E-state index contributed by atoms with van der Waals surface area (Å²) in [4.78, 5) is 25.8. The maximum Gasteiger partial charge on any atom is 0.255 e. The van der Waals surface area contributed by atoms with Gasteiger partial charge in [0.25, 0.3) is 5.91 Å². The van der Waals surface area contributed by atoms with Crippen LogP contribution in [0.3, 0.4) is 0 Å². The van der Waals surface area contributed by atoms with Gasteiger partial charge in [-0.2, -0.15) is 0 Å². The van der Waals surface area contributed by atoms with Crippen molar-refractivity contribution < 1.29 is 4.79 Å². The van der Waals surface area contributed by atoms with E-state index in [4.69, 9.17) is 4.98 Å². The van der Waals surface area contributed by atoms with Gasteiger partial charge >= 0.3 is 0 Å². The van der Waals surface area contributed by atoms with E-state index in [2.05, 4.69) is 40.1 Å². The molecule has 0 saturated carbocycles. The molecule has 6 nitrogen and oxygen atoms in total. The monoisotopic (exact) mass is 361 g/mol. The number of aromatic nitrogens is 2. The molecule has 6 heteroatoms. The quantitative estimate of drug-likeness (QED) is 0.777. The average molecular weight is 361 g/mol. The van der Waals surface area contributed by atoms with Crippen molar-refractivity contribution in [3.63, 3.8) is 0 Å². The minimum atomic E-state index is -0.142. The molecule has 3 heterocycles. The maximum atomic E-state index is 12.4. The van der Waals surface area contributed by atoms with Gasteiger partial charge in [0.05, 0.1) is 5.52 Å². The predicted molar refractivity (Wildman–Crippen MR) is 108 cm³/mol. The van der Waals surface area contributed by atoms with Crippen LogP contribution in [0, 0.1) is 6.92 Å². The van der Waals surface area contributed by atoms with Gasteiger partial charge in [-0.1, -0.05) is 0 Å². The number of hydrogen-bond donors (Lipinski definition) is 1. The van der Waals surface area contributed by atoms with Crippen LogP contribution >= 0.6 is 0 Å². The summed E-state index contributed by atoms with van der Waals surface area (Å²) in [5.74, 6) is 0.887. The third kappa shape index (κ3) is 3.75. The molecule has 1 amide bonds. The van der Waals surface area contributed by atoms with E-state index in [9.17, 15) is 4.79 Å². The van der Waals surface area contributed by atoms with E-state index in [0.29, 0.717) is 5.56 Å². The molecule has 4 rings (SSSR count). The van der Waals surface area contributed by atoms with Crippen molar-refractivity contribution in [1.82, 2.24) is 14.9 Å². The molecule has 2 aromatic heterocycles. The van der Waals surface area contributed by atoms with Gasteiger partial charge in [0.15, 0.2) is 0 Å². The van der Waals surface area contributed by atoms with Crippen LogP contribution in [-0.2, 0) is 0 Å². The van der Waals surface area contributed by atoms with E-state index in [1.54, 1.807) is 24.5 Å². The van der Waals surface area contributed by atoms with Crippen LogP contribution in [0.1, 0.15) is 15.9 Å². The summed E-state index contributed by atoms with van der Waals surface area (Å²) < 4.78 is 0. The summed E-state index contributed by atoms with van der Waals surface area (Å²) in [5.41, 5.74) is 3.46. The fraction of sp³-hybridized carbons (Fsp3) is 0.286. The lowest BCUT2D eigenvalue weighted by Crippen LogP contribution is -2.44. The lowest BCUT2D eigenvalue weighted by Gasteiger charge is -2.33. The second-order valence-corrected chi connectivity index (χ2v) is 7.01. The van der Waals surface area contributed by atoms with Gasteiger partial charge < -0.3 is 15.1 Å². The van der Waals surface area contributed by atoms with Gasteiger partial charge in [-0.25, -0.2) is 4.98 Å². The first-order valence-electron chi connectivity index (χ1n) is 9.16. The Hall–Kier alpha value is -2.99. The topological polar surface area (TPSA) is 61.4 Å². The predicted octanol–water partition coefficient (Wildman–Crippen LogP) is 2.94. The molecule has 0 aliphatic carbocycles. The van der Waals surface area contributed by atoms with Crippen molar-refractivity contribution in [3.05, 3.63) is 59.9 Å². The molecule has 27 heavy (non-hydrogen) atoms. The molecule has 0 unspecified atom stereocenters. The Morgan fingerprint density at radius 2 is 1.78 bits per heavy atom. The third-order valence-corrected chi connectivity index (χ3v) is 5.03. The van der Waals surface area contributed by atoms with Crippen molar-refractivity contribution in [2.45, 2.75) is 6.92 Å². The fourth-order valence-corrected chi connectivity index (χ4v) is 3.36. The number of anilines is 2. The number of rotatable bonds is 3. The van der Waals surface area contributed by atoms with Gasteiger partial charge in [-0.15, -0.1) is 0 Å². The largest absolute Gasteiger partial charge is 0.354 e. The molecule has 1 aliphatic rings. The number of pyridine rings is 2. The number of amides is 1. The number of hydrogen-bond acceptors (Lipinski definition) is 5. The number of carbonyl (C=O) groups is 1. The minimum absolute atomic E-state index is 0.142. The maximum absolute atomic E-state index is 12.4. The Labute approximate surface area is 158 Å². The highest BCUT2D eigenvalue weighted by Crippen LogP contribution is 2.26. The normalized spacial score (nSPS) is 15.1. The first-order chi connectivity index (χ1) is 13.1. The van der Waals surface area contributed by atoms with Crippen molar-refractivity contribution in [2.75, 3.05) is 43.4 Å². The van der Waals surface area contributed by atoms with E-state index in [0.717, 1.165) is 54.2 Å². The number of nitrogens with zero attached hydrogens (tertiary/aromatic N) is 4. The number of nitrogens with one attached hydrogen (secondary N) is 1. The van der Waals surface area contributed by atoms with E-state index in [1.165, 1.54) is 0 Å². The number of benzene rings is 1. The summed E-state index contributed by atoms with van der Waals surface area (Å²) in [6.45, 7) is 6.19. The average Bonchev–Trinajstić information content (AvgIpc) is 2.69. The molecule has 0 bridgehead atoms. The second kappa shape index (κ2) is 7.32. The number of aryl methyl sites for hydroxylation is 1. The molecule has 1 saturated heterocycles. The number of fused-ring (bicyclic) bond motifs is 1. The van der Waals surface area contributed by atoms with Crippen LogP contribution < -0.4 is 10.2 Å². The van der Waals surface area contributed by atoms with Crippen LogP contribution in [0.25, 0.3) is 10.9 Å². The first kappa shape index (κ1) is 17.4. The lowest BCUT2D eigenvalue weighted by atomic mass is 10.1. The molecule has 1 fully saturated rings. The molecule has 3 aromatic rings. The highest BCUT2D eigenvalue weighted by Gasteiger charge is 2.16. The Balaban J connectivity index is 1.58. The zero-order chi connectivity index (χ0) is 18.8. The Kier molecular flexibility index (Phi) is 4.73. The zero-order valence-electron chi connectivity index (χ0n) is 15.6. The molecule has 138 valence electrons. The number of piperazine rings is 1. The Morgan fingerprint density at radius 1 is 1.04 bits per heavy atom. The molecule has 1 N–H and O–H groups in total. The summed E-state index contributed by atoms with van der Waals surface area (Å²) >= 11 is 0. The van der Waals surface area contributed by atoms with Gasteiger partial charge in [-0.05, 0) is 55.9 Å². The lowest BCUT2D eigenvalue weighted by molar-refractivity contribution is 0.102. The Bertz CT molecular complexity index is 965. The second-order valence-electron chi connectivity index (χ2n) is 7.01. The summed E-state index contributed by atoms with van der Waals surface area (Å²) in [7, 11) is 2.15. The summed E-state index contributed by atoms with van der Waals surface area (Å²) in [6, 6.07) is 11.4. The van der Waals surface area contributed by atoms with Gasteiger partial charge in [0.2, 0.25) is 0 Å². The number of carbonyl (C=O) groups excluding carboxylic acids is 1. The van der Waals surface area contributed by atoms with E-state index in [-0.39, 0.29) is 5.91 Å². The minimum Gasteiger partial charge on any atom is -0.354 e. The van der Waals surface area contributed by atoms with Crippen LogP contribution in [0.4, 0.5) is 11.5 Å². The van der Waals surface area contributed by atoms with Gasteiger partial charge in [0.1, 0.15) is 5.82 Å². The molecule has 0 radical (unpaired) electrons. The van der Waals surface area contributed by atoms with E-state index >= 15 is 0 Å². The molecular weight excluding hydrogens is 338 g/mol. The SMILES string of the molecule is Cc1cc(N2CCN(C)CC2)nc2ccc(NC(=O)c3ccncc3)cc12.